The molecule has 102 valence electrons. The minimum atomic E-state index is 0.0128. The molecule has 0 aromatic carbocycles. The third-order valence-electron chi connectivity index (χ3n) is 5.63. The predicted molar refractivity (Wildman–Crippen MR) is 72.3 cm³/mol. The first-order chi connectivity index (χ1) is 8.75. The Kier molecular flexibility index (Phi) is 3.35. The van der Waals surface area contributed by atoms with Crippen molar-refractivity contribution in [2.24, 2.45) is 11.3 Å². The zero-order valence-corrected chi connectivity index (χ0v) is 11.6. The molecule has 1 amide bonds. The van der Waals surface area contributed by atoms with Crippen molar-refractivity contribution in [1.29, 1.82) is 0 Å². The number of carbonyl (C=O) groups excluding carboxylic acids is 1. The van der Waals surface area contributed by atoms with Crippen LogP contribution in [0.15, 0.2) is 0 Å². The highest BCUT2D eigenvalue weighted by Gasteiger charge is 2.44. The van der Waals surface area contributed by atoms with E-state index in [2.05, 4.69) is 17.1 Å². The molecule has 3 rings (SSSR count). The molecule has 0 spiro atoms. The van der Waals surface area contributed by atoms with Crippen LogP contribution in [-0.4, -0.2) is 36.5 Å². The summed E-state index contributed by atoms with van der Waals surface area (Å²) in [4.78, 5) is 15.0. The number of nitrogens with one attached hydrogen (secondary N) is 1. The lowest BCUT2D eigenvalue weighted by atomic mass is 9.80. The molecule has 2 atom stereocenters. The van der Waals surface area contributed by atoms with E-state index in [-0.39, 0.29) is 5.41 Å². The maximum absolute atomic E-state index is 12.8. The fraction of sp³-hybridized carbons (Fsp3) is 0.933. The Balaban J connectivity index is 1.69. The van der Waals surface area contributed by atoms with Crippen molar-refractivity contribution < 1.29 is 4.79 Å². The topological polar surface area (TPSA) is 32.3 Å². The van der Waals surface area contributed by atoms with Gasteiger partial charge in [-0.3, -0.25) is 4.79 Å². The van der Waals surface area contributed by atoms with Gasteiger partial charge in [-0.1, -0.05) is 19.8 Å². The van der Waals surface area contributed by atoms with E-state index in [9.17, 15) is 4.79 Å². The molecule has 0 radical (unpaired) electrons. The van der Waals surface area contributed by atoms with Gasteiger partial charge in [-0.15, -0.1) is 0 Å². The Hall–Kier alpha value is -0.570. The summed E-state index contributed by atoms with van der Waals surface area (Å²) in [6, 6.07) is 0.690. The van der Waals surface area contributed by atoms with Gasteiger partial charge in [0, 0.05) is 24.5 Å². The van der Waals surface area contributed by atoms with Crippen molar-refractivity contribution in [3.05, 3.63) is 0 Å². The summed E-state index contributed by atoms with van der Waals surface area (Å²) in [5, 5.41) is 3.57. The maximum atomic E-state index is 12.8. The van der Waals surface area contributed by atoms with Gasteiger partial charge in [0.25, 0.3) is 0 Å². The fourth-order valence-electron chi connectivity index (χ4n) is 4.34. The first-order valence-corrected chi connectivity index (χ1v) is 7.78. The number of amides is 1. The molecule has 3 aliphatic rings. The third kappa shape index (κ3) is 1.97. The number of fused-ring (bicyclic) bond motifs is 1. The molecule has 1 saturated carbocycles. The maximum Gasteiger partial charge on any atom is 0.228 e. The van der Waals surface area contributed by atoms with E-state index in [1.54, 1.807) is 0 Å². The van der Waals surface area contributed by atoms with Crippen LogP contribution in [0.5, 0.6) is 0 Å². The van der Waals surface area contributed by atoms with E-state index in [0.29, 0.717) is 11.9 Å². The van der Waals surface area contributed by atoms with Crippen molar-refractivity contribution in [2.45, 2.75) is 57.9 Å². The first kappa shape index (κ1) is 12.5. The minimum Gasteiger partial charge on any atom is -0.342 e. The Morgan fingerprint density at radius 2 is 2.11 bits per heavy atom. The van der Waals surface area contributed by atoms with Gasteiger partial charge in [0.15, 0.2) is 0 Å². The largest absolute Gasteiger partial charge is 0.342 e. The smallest absolute Gasteiger partial charge is 0.228 e. The lowest BCUT2D eigenvalue weighted by Gasteiger charge is -2.40. The van der Waals surface area contributed by atoms with Crippen LogP contribution in [0.25, 0.3) is 0 Å². The van der Waals surface area contributed by atoms with Gasteiger partial charge < -0.3 is 10.2 Å². The third-order valence-corrected chi connectivity index (χ3v) is 5.63. The van der Waals surface area contributed by atoms with Crippen LogP contribution >= 0.6 is 0 Å². The van der Waals surface area contributed by atoms with Crippen LogP contribution in [0.4, 0.5) is 0 Å². The zero-order valence-electron chi connectivity index (χ0n) is 11.6. The molecule has 0 bridgehead atoms. The van der Waals surface area contributed by atoms with Gasteiger partial charge in [-0.25, -0.2) is 0 Å². The Bertz CT molecular complexity index is 322. The zero-order chi connectivity index (χ0) is 12.6. The quantitative estimate of drug-likeness (QED) is 0.814. The normalized spacial score (nSPS) is 34.6. The summed E-state index contributed by atoms with van der Waals surface area (Å²) < 4.78 is 0. The molecule has 0 aromatic rings. The molecule has 18 heavy (non-hydrogen) atoms. The SMILES string of the molecule is CCC1(C(=O)N2CCC3NCCC3C2)CCCC1. The van der Waals surface area contributed by atoms with Gasteiger partial charge >= 0.3 is 0 Å². The number of carbonyl (C=O) groups is 1. The van der Waals surface area contributed by atoms with Crippen LogP contribution in [0.2, 0.25) is 0 Å². The summed E-state index contributed by atoms with van der Waals surface area (Å²) in [6.07, 6.45) is 8.22. The van der Waals surface area contributed by atoms with Crippen molar-refractivity contribution in [3.63, 3.8) is 0 Å². The first-order valence-electron chi connectivity index (χ1n) is 7.78. The van der Waals surface area contributed by atoms with Crippen molar-refractivity contribution in [3.8, 4) is 0 Å². The van der Waals surface area contributed by atoms with Crippen LogP contribution in [0.3, 0.4) is 0 Å². The molecule has 2 unspecified atom stereocenters. The monoisotopic (exact) mass is 250 g/mol. The van der Waals surface area contributed by atoms with Crippen LogP contribution in [0, 0.1) is 11.3 Å². The second-order valence-electron chi connectivity index (χ2n) is 6.49. The van der Waals surface area contributed by atoms with Gasteiger partial charge in [-0.2, -0.15) is 0 Å². The lowest BCUT2D eigenvalue weighted by Crippen LogP contribution is -2.51. The number of piperidine rings is 1. The molecule has 3 heteroatoms. The predicted octanol–water partition coefficient (Wildman–Crippen LogP) is 2.17. The van der Waals surface area contributed by atoms with Crippen molar-refractivity contribution in [1.82, 2.24) is 10.2 Å². The Labute approximate surface area is 110 Å². The summed E-state index contributed by atoms with van der Waals surface area (Å²) in [6.45, 7) is 5.34. The molecular formula is C15H26N2O. The Morgan fingerprint density at radius 3 is 2.83 bits per heavy atom. The van der Waals surface area contributed by atoms with Crippen LogP contribution in [-0.2, 0) is 4.79 Å². The fourth-order valence-corrected chi connectivity index (χ4v) is 4.34. The summed E-state index contributed by atoms with van der Waals surface area (Å²) >= 11 is 0. The second kappa shape index (κ2) is 4.84. The highest BCUT2D eigenvalue weighted by molar-refractivity contribution is 5.83. The van der Waals surface area contributed by atoms with Gasteiger partial charge in [0.05, 0.1) is 0 Å². The summed E-state index contributed by atoms with van der Waals surface area (Å²) in [5.41, 5.74) is 0.0128. The summed E-state index contributed by atoms with van der Waals surface area (Å²) in [5.74, 6) is 1.20. The molecular weight excluding hydrogens is 224 g/mol. The molecule has 2 saturated heterocycles. The van der Waals surface area contributed by atoms with Gasteiger partial charge in [-0.05, 0) is 44.6 Å². The standard InChI is InChI=1S/C15H26N2O/c1-2-15(7-3-4-8-15)14(18)17-10-6-13-12(11-17)5-9-16-13/h12-13,16H,2-11H2,1H3. The minimum absolute atomic E-state index is 0.0128. The molecule has 1 aliphatic carbocycles. The molecule has 2 aliphatic heterocycles. The van der Waals surface area contributed by atoms with Crippen LogP contribution < -0.4 is 5.32 Å². The molecule has 0 aromatic heterocycles. The number of likely N-dealkylation sites (tertiary alicyclic amines) is 1. The van der Waals surface area contributed by atoms with E-state index in [1.807, 2.05) is 0 Å². The van der Waals surface area contributed by atoms with E-state index in [1.165, 1.54) is 19.3 Å². The van der Waals surface area contributed by atoms with Crippen molar-refractivity contribution >= 4 is 5.91 Å². The summed E-state index contributed by atoms with van der Waals surface area (Å²) in [7, 11) is 0. The van der Waals surface area contributed by atoms with Gasteiger partial charge in [0.1, 0.15) is 0 Å². The Morgan fingerprint density at radius 1 is 1.33 bits per heavy atom. The molecule has 1 N–H and O–H groups in total. The number of hydrogen-bond acceptors (Lipinski definition) is 2. The van der Waals surface area contributed by atoms with E-state index in [0.717, 1.165) is 51.2 Å². The second-order valence-corrected chi connectivity index (χ2v) is 6.49. The van der Waals surface area contributed by atoms with Gasteiger partial charge in [0.2, 0.25) is 5.91 Å². The highest BCUT2D eigenvalue weighted by Crippen LogP contribution is 2.43. The molecule has 3 nitrogen and oxygen atoms in total. The molecule has 2 heterocycles. The lowest BCUT2D eigenvalue weighted by molar-refractivity contribution is -0.144. The van der Waals surface area contributed by atoms with E-state index in [4.69, 9.17) is 0 Å². The van der Waals surface area contributed by atoms with E-state index >= 15 is 0 Å². The van der Waals surface area contributed by atoms with E-state index < -0.39 is 0 Å². The average molecular weight is 250 g/mol. The highest BCUT2D eigenvalue weighted by atomic mass is 16.2. The van der Waals surface area contributed by atoms with Crippen molar-refractivity contribution in [2.75, 3.05) is 19.6 Å². The average Bonchev–Trinajstić information content (AvgIpc) is 3.06. The number of nitrogens with zero attached hydrogens (tertiary/aromatic N) is 1. The molecule has 3 fully saturated rings. The number of rotatable bonds is 2. The number of hydrogen-bond donors (Lipinski definition) is 1. The van der Waals surface area contributed by atoms with Crippen LogP contribution in [0.1, 0.15) is 51.9 Å².